The summed E-state index contributed by atoms with van der Waals surface area (Å²) in [7, 11) is 0. The second-order valence-corrected chi connectivity index (χ2v) is 7.81. The van der Waals surface area contributed by atoms with Crippen molar-refractivity contribution in [2.45, 2.75) is 53.4 Å². The minimum Gasteiger partial charge on any atom is -0.502 e. The summed E-state index contributed by atoms with van der Waals surface area (Å²) in [5, 5.41) is 10.3. The van der Waals surface area contributed by atoms with Gasteiger partial charge in [0, 0.05) is 6.92 Å². The molecule has 1 aliphatic rings. The summed E-state index contributed by atoms with van der Waals surface area (Å²) in [4.78, 5) is 3.05. The Hall–Kier alpha value is -1.91. The first-order chi connectivity index (χ1) is 11.9. The Labute approximate surface area is 149 Å². The van der Waals surface area contributed by atoms with Crippen molar-refractivity contribution >= 4 is 0 Å². The Morgan fingerprint density at radius 1 is 1.32 bits per heavy atom. The molecule has 0 amide bonds. The van der Waals surface area contributed by atoms with Gasteiger partial charge >= 0.3 is 0 Å². The van der Waals surface area contributed by atoms with Gasteiger partial charge in [0.25, 0.3) is 0 Å². The molecule has 1 aromatic carbocycles. The van der Waals surface area contributed by atoms with Crippen molar-refractivity contribution in [3.05, 3.63) is 58.4 Å². The lowest BCUT2D eigenvalue weighted by Gasteiger charge is -2.26. The first kappa shape index (κ1) is 17.9. The van der Waals surface area contributed by atoms with Crippen LogP contribution < -0.4 is 4.98 Å². The molecule has 4 nitrogen and oxygen atoms in total. The number of ether oxygens (including phenoxy) is 2. The van der Waals surface area contributed by atoms with Crippen LogP contribution in [0.3, 0.4) is 0 Å². The van der Waals surface area contributed by atoms with Gasteiger partial charge < -0.3 is 14.6 Å². The molecule has 134 valence electrons. The smallest absolute Gasteiger partial charge is 0.219 e. The number of benzene rings is 1. The van der Waals surface area contributed by atoms with E-state index in [1.165, 1.54) is 11.1 Å². The third-order valence-corrected chi connectivity index (χ3v) is 4.84. The maximum Gasteiger partial charge on any atom is 0.219 e. The molecule has 3 rings (SSSR count). The van der Waals surface area contributed by atoms with E-state index >= 15 is 0 Å². The standard InChI is InChI=1S/C21H27NO3/c1-14-6-5-7-16(10-14)8-9-21(3,4)13-25-20-18-17(12-24-20)11-22-15(2)19(18)23/h5-7,10-11,20,23H,8-9,12-13H2,1-4H3/p+1. The molecule has 0 bridgehead atoms. The van der Waals surface area contributed by atoms with E-state index in [4.69, 9.17) is 9.47 Å². The van der Waals surface area contributed by atoms with Gasteiger partial charge in [0.15, 0.2) is 18.2 Å². The Bertz CT molecular complexity index is 755. The normalized spacial score (nSPS) is 16.9. The summed E-state index contributed by atoms with van der Waals surface area (Å²) in [6, 6.07) is 8.65. The van der Waals surface area contributed by atoms with Crippen LogP contribution in [0, 0.1) is 19.3 Å². The predicted molar refractivity (Wildman–Crippen MR) is 96.2 cm³/mol. The van der Waals surface area contributed by atoms with Crippen LogP contribution in [0.1, 0.15) is 54.5 Å². The fourth-order valence-corrected chi connectivity index (χ4v) is 3.18. The molecule has 0 fully saturated rings. The van der Waals surface area contributed by atoms with E-state index < -0.39 is 6.29 Å². The molecule has 1 unspecified atom stereocenters. The molecule has 2 heterocycles. The molecule has 4 heteroatoms. The number of aromatic hydroxyl groups is 1. The Morgan fingerprint density at radius 3 is 2.88 bits per heavy atom. The average molecular weight is 342 g/mol. The van der Waals surface area contributed by atoms with Gasteiger partial charge in [-0.1, -0.05) is 43.7 Å². The van der Waals surface area contributed by atoms with Crippen LogP contribution in [0.25, 0.3) is 0 Å². The molecule has 0 radical (unpaired) electrons. The number of pyridine rings is 1. The zero-order valence-electron chi connectivity index (χ0n) is 15.6. The summed E-state index contributed by atoms with van der Waals surface area (Å²) in [6.45, 7) is 9.44. The van der Waals surface area contributed by atoms with Crippen LogP contribution in [0.2, 0.25) is 0 Å². The van der Waals surface area contributed by atoms with Crippen molar-refractivity contribution in [1.29, 1.82) is 0 Å². The van der Waals surface area contributed by atoms with E-state index in [2.05, 4.69) is 50.0 Å². The van der Waals surface area contributed by atoms with E-state index in [-0.39, 0.29) is 11.2 Å². The van der Waals surface area contributed by atoms with E-state index in [1.807, 2.05) is 13.1 Å². The van der Waals surface area contributed by atoms with Gasteiger partial charge in [0.05, 0.1) is 24.3 Å². The first-order valence-electron chi connectivity index (χ1n) is 8.87. The number of rotatable bonds is 6. The summed E-state index contributed by atoms with van der Waals surface area (Å²) >= 11 is 0. The third-order valence-electron chi connectivity index (χ3n) is 4.84. The number of aryl methyl sites for hydroxylation is 3. The molecule has 1 aliphatic heterocycles. The maximum atomic E-state index is 10.3. The number of aromatic nitrogens is 1. The minimum atomic E-state index is -0.485. The second kappa shape index (κ2) is 7.14. The molecule has 0 aliphatic carbocycles. The van der Waals surface area contributed by atoms with E-state index in [0.29, 0.717) is 13.2 Å². The van der Waals surface area contributed by atoms with Crippen LogP contribution >= 0.6 is 0 Å². The van der Waals surface area contributed by atoms with Gasteiger partial charge in [-0.3, -0.25) is 0 Å². The van der Waals surface area contributed by atoms with Crippen molar-refractivity contribution in [2.75, 3.05) is 6.61 Å². The molecule has 0 saturated heterocycles. The van der Waals surface area contributed by atoms with Crippen LogP contribution in [0.5, 0.6) is 5.75 Å². The zero-order valence-corrected chi connectivity index (χ0v) is 15.6. The SMILES string of the molecule is Cc1cccc(CCC(C)(C)COC2OCc3c[nH+]c(C)c(O)c32)c1. The van der Waals surface area contributed by atoms with Crippen molar-refractivity contribution in [1.82, 2.24) is 0 Å². The molecule has 0 saturated carbocycles. The molecule has 2 aromatic rings. The van der Waals surface area contributed by atoms with Gasteiger partial charge in [-0.15, -0.1) is 0 Å². The molecule has 1 atom stereocenters. The van der Waals surface area contributed by atoms with Crippen LogP contribution in [-0.4, -0.2) is 11.7 Å². The van der Waals surface area contributed by atoms with Crippen LogP contribution in [0.15, 0.2) is 30.5 Å². The topological polar surface area (TPSA) is 52.8 Å². The van der Waals surface area contributed by atoms with E-state index in [1.54, 1.807) is 0 Å². The minimum absolute atomic E-state index is 0.0292. The first-order valence-corrected chi connectivity index (χ1v) is 8.87. The number of aromatic amines is 1. The number of H-pyrrole nitrogens is 1. The fraction of sp³-hybridized carbons (Fsp3) is 0.476. The average Bonchev–Trinajstić information content (AvgIpc) is 2.99. The highest BCUT2D eigenvalue weighted by molar-refractivity contribution is 5.40. The van der Waals surface area contributed by atoms with Gasteiger partial charge in [0.1, 0.15) is 0 Å². The summed E-state index contributed by atoms with van der Waals surface area (Å²) in [5.41, 5.74) is 5.15. The number of hydrogen-bond acceptors (Lipinski definition) is 3. The lowest BCUT2D eigenvalue weighted by atomic mass is 9.87. The number of fused-ring (bicyclic) bond motifs is 1. The highest BCUT2D eigenvalue weighted by atomic mass is 16.7. The van der Waals surface area contributed by atoms with Gasteiger partial charge in [-0.25, -0.2) is 4.98 Å². The molecular weight excluding hydrogens is 314 g/mol. The van der Waals surface area contributed by atoms with Crippen molar-refractivity contribution in [3.8, 4) is 5.75 Å². The van der Waals surface area contributed by atoms with Crippen molar-refractivity contribution in [3.63, 3.8) is 0 Å². The second-order valence-electron chi connectivity index (χ2n) is 7.81. The highest BCUT2D eigenvalue weighted by Crippen LogP contribution is 2.39. The van der Waals surface area contributed by atoms with Crippen molar-refractivity contribution in [2.24, 2.45) is 5.41 Å². The molecule has 1 aromatic heterocycles. The maximum absolute atomic E-state index is 10.3. The molecule has 25 heavy (non-hydrogen) atoms. The largest absolute Gasteiger partial charge is 0.502 e. The molecule has 2 N–H and O–H groups in total. The monoisotopic (exact) mass is 342 g/mol. The van der Waals surface area contributed by atoms with E-state index in [9.17, 15) is 5.11 Å². The van der Waals surface area contributed by atoms with Crippen LogP contribution in [0.4, 0.5) is 0 Å². The quantitative estimate of drug-likeness (QED) is 0.862. The van der Waals surface area contributed by atoms with Crippen molar-refractivity contribution < 1.29 is 19.6 Å². The molecule has 0 spiro atoms. The number of nitrogens with one attached hydrogen (secondary N) is 1. The summed E-state index contributed by atoms with van der Waals surface area (Å²) in [6.07, 6.45) is 3.46. The zero-order chi connectivity index (χ0) is 18.0. The lowest BCUT2D eigenvalue weighted by Crippen LogP contribution is -2.22. The highest BCUT2D eigenvalue weighted by Gasteiger charge is 2.32. The Kier molecular flexibility index (Phi) is 5.11. The Morgan fingerprint density at radius 2 is 2.12 bits per heavy atom. The van der Waals surface area contributed by atoms with Gasteiger partial charge in [-0.05, 0) is 30.7 Å². The summed E-state index contributed by atoms with van der Waals surface area (Å²) < 4.78 is 11.8. The number of hydrogen-bond donors (Lipinski definition) is 1. The molecular formula is C21H28NO3+. The van der Waals surface area contributed by atoms with E-state index in [0.717, 1.165) is 29.7 Å². The summed E-state index contributed by atoms with van der Waals surface area (Å²) in [5.74, 6) is 0.248. The third kappa shape index (κ3) is 4.20. The predicted octanol–water partition coefficient (Wildman–Crippen LogP) is 4.03. The van der Waals surface area contributed by atoms with Crippen LogP contribution in [-0.2, 0) is 22.5 Å². The van der Waals surface area contributed by atoms with Gasteiger partial charge in [-0.2, -0.15) is 0 Å². The lowest BCUT2D eigenvalue weighted by molar-refractivity contribution is -0.389. The van der Waals surface area contributed by atoms with Gasteiger partial charge in [0.2, 0.25) is 5.69 Å². The Balaban J connectivity index is 1.59. The fourth-order valence-electron chi connectivity index (χ4n) is 3.18.